The molecule has 0 saturated heterocycles. The maximum atomic E-state index is 4.85. The molecule has 64 valence electrons. The van der Waals surface area contributed by atoms with Crippen LogP contribution in [0.3, 0.4) is 0 Å². The van der Waals surface area contributed by atoms with Crippen LogP contribution in [0.15, 0.2) is 0 Å². The van der Waals surface area contributed by atoms with Gasteiger partial charge in [-0.25, -0.2) is 0 Å². The van der Waals surface area contributed by atoms with E-state index in [0.717, 1.165) is 26.3 Å². The summed E-state index contributed by atoms with van der Waals surface area (Å²) >= 11 is 0. The fraction of sp³-hybridized carbons (Fsp3) is 1.00. The Morgan fingerprint density at radius 2 is 1.40 bits per heavy atom. The van der Waals surface area contributed by atoms with Crippen molar-refractivity contribution in [3.05, 3.63) is 0 Å². The zero-order chi connectivity index (χ0) is 6.95. The summed E-state index contributed by atoms with van der Waals surface area (Å²) in [5, 5.41) is 2.17. The molecular weight excluding hydrogens is 154 g/mol. The summed E-state index contributed by atoms with van der Waals surface area (Å²) in [5.74, 6) is 0. The number of hydrogen-bond acceptors (Lipinski definition) is 2. The molecule has 0 aromatic carbocycles. The molecule has 3 nitrogen and oxygen atoms in total. The van der Waals surface area contributed by atoms with Crippen molar-refractivity contribution in [1.82, 2.24) is 0 Å². The standard InChI is InChI=1S/C6H15NO2.ClH/c1-8-5-3-7-4-6-9-2;/h7H,3-6H2,1-2H3;1H. The summed E-state index contributed by atoms with van der Waals surface area (Å²) in [5.41, 5.74) is 0. The van der Waals surface area contributed by atoms with Crippen LogP contribution in [-0.4, -0.2) is 40.5 Å². The monoisotopic (exact) mass is 169 g/mol. The van der Waals surface area contributed by atoms with E-state index in [1.165, 1.54) is 0 Å². The topological polar surface area (TPSA) is 35.1 Å². The van der Waals surface area contributed by atoms with E-state index in [0.29, 0.717) is 0 Å². The van der Waals surface area contributed by atoms with Crippen molar-refractivity contribution >= 4 is 0 Å². The Morgan fingerprint density at radius 1 is 1.00 bits per heavy atom. The van der Waals surface area contributed by atoms with Crippen LogP contribution in [0.4, 0.5) is 0 Å². The van der Waals surface area contributed by atoms with Crippen LogP contribution in [0, 0.1) is 0 Å². The molecule has 0 atom stereocenters. The first kappa shape index (κ1) is 12.8. The lowest BCUT2D eigenvalue weighted by molar-refractivity contribution is -0.657. The van der Waals surface area contributed by atoms with E-state index in [9.17, 15) is 0 Å². The smallest absolute Gasteiger partial charge is 0.0993 e. The van der Waals surface area contributed by atoms with Crippen LogP contribution in [0.25, 0.3) is 0 Å². The number of methoxy groups -OCH3 is 2. The number of quaternary nitrogens is 1. The molecule has 0 radical (unpaired) electrons. The van der Waals surface area contributed by atoms with Gasteiger partial charge in [0.1, 0.15) is 0 Å². The van der Waals surface area contributed by atoms with Crippen molar-refractivity contribution < 1.29 is 27.2 Å². The molecule has 0 aliphatic heterocycles. The first-order chi connectivity index (χ1) is 4.41. The lowest BCUT2D eigenvalue weighted by Gasteiger charge is -1.98. The van der Waals surface area contributed by atoms with Crippen LogP contribution in [0.2, 0.25) is 0 Å². The Balaban J connectivity index is 0. The van der Waals surface area contributed by atoms with E-state index in [1.807, 2.05) is 0 Å². The Labute approximate surface area is 68.5 Å². The molecule has 0 heterocycles. The van der Waals surface area contributed by atoms with Gasteiger partial charge >= 0.3 is 0 Å². The first-order valence-electron chi connectivity index (χ1n) is 3.21. The summed E-state index contributed by atoms with van der Waals surface area (Å²) in [6.45, 7) is 3.70. The summed E-state index contributed by atoms with van der Waals surface area (Å²) in [7, 11) is 3.42. The molecule has 10 heavy (non-hydrogen) atoms. The van der Waals surface area contributed by atoms with E-state index >= 15 is 0 Å². The molecule has 0 aliphatic rings. The van der Waals surface area contributed by atoms with Crippen LogP contribution >= 0.6 is 0 Å². The molecule has 4 heteroatoms. The lowest BCUT2D eigenvalue weighted by Crippen LogP contribution is -3.00. The molecule has 0 aromatic heterocycles. The minimum Gasteiger partial charge on any atom is -1.00 e. The van der Waals surface area contributed by atoms with Crippen LogP contribution < -0.4 is 17.7 Å². The van der Waals surface area contributed by atoms with E-state index in [-0.39, 0.29) is 12.4 Å². The second-order valence-electron chi connectivity index (χ2n) is 1.85. The number of hydrogen-bond donors (Lipinski definition) is 1. The Bertz CT molecular complexity index is 49.0. The molecule has 0 fully saturated rings. The average molecular weight is 170 g/mol. The maximum Gasteiger partial charge on any atom is 0.0993 e. The molecule has 0 amide bonds. The zero-order valence-electron chi connectivity index (χ0n) is 6.60. The van der Waals surface area contributed by atoms with Crippen molar-refractivity contribution in [2.45, 2.75) is 0 Å². The van der Waals surface area contributed by atoms with Gasteiger partial charge in [-0.05, 0) is 0 Å². The van der Waals surface area contributed by atoms with Gasteiger partial charge in [0.05, 0.1) is 26.3 Å². The fourth-order valence-corrected chi connectivity index (χ4v) is 0.547. The van der Waals surface area contributed by atoms with E-state index in [2.05, 4.69) is 5.32 Å². The Kier molecular flexibility index (Phi) is 15.3. The molecule has 0 aliphatic carbocycles. The van der Waals surface area contributed by atoms with Gasteiger partial charge in [-0.1, -0.05) is 0 Å². The van der Waals surface area contributed by atoms with Crippen LogP contribution in [-0.2, 0) is 9.47 Å². The summed E-state index contributed by atoms with van der Waals surface area (Å²) in [6, 6.07) is 0. The maximum absolute atomic E-state index is 4.85. The number of nitrogens with two attached hydrogens (primary N) is 1. The normalized spacial score (nSPS) is 9.00. The summed E-state index contributed by atoms with van der Waals surface area (Å²) in [6.07, 6.45) is 0. The van der Waals surface area contributed by atoms with Gasteiger partial charge in [0.15, 0.2) is 0 Å². The first-order valence-corrected chi connectivity index (χ1v) is 3.21. The second-order valence-corrected chi connectivity index (χ2v) is 1.85. The molecule has 0 unspecified atom stereocenters. The van der Waals surface area contributed by atoms with Crippen LogP contribution in [0.5, 0.6) is 0 Å². The highest BCUT2D eigenvalue weighted by molar-refractivity contribution is 4.20. The van der Waals surface area contributed by atoms with Crippen molar-refractivity contribution in [3.63, 3.8) is 0 Å². The van der Waals surface area contributed by atoms with Gasteiger partial charge in [-0.3, -0.25) is 0 Å². The van der Waals surface area contributed by atoms with E-state index in [1.54, 1.807) is 14.2 Å². The van der Waals surface area contributed by atoms with Crippen molar-refractivity contribution in [2.75, 3.05) is 40.5 Å². The van der Waals surface area contributed by atoms with Crippen LogP contribution in [0.1, 0.15) is 0 Å². The van der Waals surface area contributed by atoms with E-state index in [4.69, 9.17) is 9.47 Å². The van der Waals surface area contributed by atoms with Gasteiger partial charge in [-0.15, -0.1) is 0 Å². The Hall–Kier alpha value is 0.170. The van der Waals surface area contributed by atoms with Gasteiger partial charge in [0.2, 0.25) is 0 Å². The number of rotatable bonds is 6. The van der Waals surface area contributed by atoms with Gasteiger partial charge in [0.25, 0.3) is 0 Å². The molecule has 0 rings (SSSR count). The second kappa shape index (κ2) is 11.9. The Morgan fingerprint density at radius 3 is 1.70 bits per heavy atom. The summed E-state index contributed by atoms with van der Waals surface area (Å²) in [4.78, 5) is 0. The predicted molar refractivity (Wildman–Crippen MR) is 35.4 cm³/mol. The van der Waals surface area contributed by atoms with Gasteiger partial charge in [-0.2, -0.15) is 0 Å². The molecule has 0 saturated carbocycles. The highest BCUT2D eigenvalue weighted by Crippen LogP contribution is 1.57. The van der Waals surface area contributed by atoms with E-state index < -0.39 is 0 Å². The van der Waals surface area contributed by atoms with Crippen molar-refractivity contribution in [1.29, 1.82) is 0 Å². The number of ether oxygens (including phenoxy) is 2. The largest absolute Gasteiger partial charge is 1.00 e. The molecule has 0 aromatic rings. The molecule has 2 N–H and O–H groups in total. The summed E-state index contributed by atoms with van der Waals surface area (Å²) < 4.78 is 9.70. The quantitative estimate of drug-likeness (QED) is 0.410. The zero-order valence-corrected chi connectivity index (χ0v) is 7.36. The predicted octanol–water partition coefficient (Wildman–Crippen LogP) is -4.15. The van der Waals surface area contributed by atoms with Gasteiger partial charge < -0.3 is 27.2 Å². The van der Waals surface area contributed by atoms with Crippen molar-refractivity contribution in [2.24, 2.45) is 0 Å². The lowest BCUT2D eigenvalue weighted by atomic mass is 10.6. The fourth-order valence-electron chi connectivity index (χ4n) is 0.547. The average Bonchev–Trinajstić information content (AvgIpc) is 1.89. The third kappa shape index (κ3) is 11.0. The van der Waals surface area contributed by atoms with Crippen molar-refractivity contribution in [3.8, 4) is 0 Å². The van der Waals surface area contributed by atoms with Gasteiger partial charge in [0, 0.05) is 14.2 Å². The highest BCUT2D eigenvalue weighted by atomic mass is 35.5. The third-order valence-corrected chi connectivity index (χ3v) is 1.05. The SMILES string of the molecule is COCC[NH2+]CCOC.[Cl-]. The molecule has 0 spiro atoms. The highest BCUT2D eigenvalue weighted by Gasteiger charge is 1.86. The third-order valence-electron chi connectivity index (χ3n) is 1.05. The molecular formula is C6H16ClNO2. The minimum absolute atomic E-state index is 0. The molecule has 0 bridgehead atoms. The minimum atomic E-state index is 0. The number of halogens is 1.